The van der Waals surface area contributed by atoms with Crippen LogP contribution in [0.1, 0.15) is 27.6 Å². The minimum absolute atomic E-state index is 0.185. The smallest absolute Gasteiger partial charge is 0.255 e. The van der Waals surface area contributed by atoms with E-state index in [1.807, 2.05) is 30.7 Å². The number of aromatic nitrogens is 3. The molecule has 0 aliphatic carbocycles. The first-order valence-electron chi connectivity index (χ1n) is 8.43. The van der Waals surface area contributed by atoms with E-state index in [-0.39, 0.29) is 5.91 Å². The minimum atomic E-state index is -0.185. The number of carbonyl (C=O) groups is 1. The number of anilines is 1. The summed E-state index contributed by atoms with van der Waals surface area (Å²) < 4.78 is 8.29. The number of fused-ring (bicyclic) bond motifs is 1. The first kappa shape index (κ1) is 17.5. The predicted octanol–water partition coefficient (Wildman–Crippen LogP) is 4.95. The van der Waals surface area contributed by atoms with Crippen LogP contribution in [0.2, 0.25) is 0 Å². The van der Waals surface area contributed by atoms with Crippen molar-refractivity contribution < 1.29 is 9.21 Å². The molecule has 1 amide bonds. The number of carbonyl (C=O) groups excluding carboxylic acids is 1. The van der Waals surface area contributed by atoms with Gasteiger partial charge in [-0.05, 0) is 72.2 Å². The van der Waals surface area contributed by atoms with E-state index in [1.165, 1.54) is 0 Å². The summed E-state index contributed by atoms with van der Waals surface area (Å²) in [6, 6.07) is 12.7. The highest BCUT2D eigenvalue weighted by atomic mass is 79.9. The molecular weight excluding hydrogens is 408 g/mol. The summed E-state index contributed by atoms with van der Waals surface area (Å²) in [6.45, 7) is 5.73. The van der Waals surface area contributed by atoms with Crippen LogP contribution >= 0.6 is 15.9 Å². The molecule has 136 valence electrons. The summed E-state index contributed by atoms with van der Waals surface area (Å²) >= 11 is 3.53. The largest absolute Gasteiger partial charge is 0.441 e. The van der Waals surface area contributed by atoms with Crippen LogP contribution < -0.4 is 5.32 Å². The first-order valence-corrected chi connectivity index (χ1v) is 9.22. The number of nitrogens with zero attached hydrogens (tertiary/aromatic N) is 3. The zero-order valence-electron chi connectivity index (χ0n) is 15.1. The summed E-state index contributed by atoms with van der Waals surface area (Å²) in [4.78, 5) is 16.8. The lowest BCUT2D eigenvalue weighted by molar-refractivity contribution is 0.102. The van der Waals surface area contributed by atoms with Crippen molar-refractivity contribution in [2.24, 2.45) is 0 Å². The number of oxazole rings is 1. The van der Waals surface area contributed by atoms with Crippen molar-refractivity contribution >= 4 is 38.6 Å². The van der Waals surface area contributed by atoms with Gasteiger partial charge in [-0.3, -0.25) is 4.79 Å². The third-order valence-corrected chi connectivity index (χ3v) is 5.48. The molecule has 4 rings (SSSR count). The van der Waals surface area contributed by atoms with Crippen LogP contribution in [0.5, 0.6) is 0 Å². The zero-order chi connectivity index (χ0) is 19.1. The number of rotatable bonds is 3. The van der Waals surface area contributed by atoms with Crippen molar-refractivity contribution in [2.45, 2.75) is 20.8 Å². The molecule has 0 bridgehead atoms. The topological polar surface area (TPSA) is 73.0 Å². The van der Waals surface area contributed by atoms with Gasteiger partial charge in [-0.15, -0.1) is 0 Å². The summed E-state index contributed by atoms with van der Waals surface area (Å²) in [5.41, 5.74) is 5.50. The van der Waals surface area contributed by atoms with Crippen LogP contribution in [-0.4, -0.2) is 20.7 Å². The number of aryl methyl sites for hydroxylation is 2. The lowest BCUT2D eigenvalue weighted by Gasteiger charge is -2.07. The summed E-state index contributed by atoms with van der Waals surface area (Å²) in [5.74, 6) is 0.413. The van der Waals surface area contributed by atoms with Gasteiger partial charge in [-0.1, -0.05) is 0 Å². The fourth-order valence-corrected chi connectivity index (χ4v) is 3.20. The second-order valence-electron chi connectivity index (χ2n) is 6.31. The first-order chi connectivity index (χ1) is 12.9. The average Bonchev–Trinajstić information content (AvgIpc) is 3.15. The fourth-order valence-electron chi connectivity index (χ4n) is 2.95. The van der Waals surface area contributed by atoms with E-state index in [2.05, 4.69) is 31.3 Å². The van der Waals surface area contributed by atoms with Gasteiger partial charge in [-0.2, -0.15) is 5.10 Å². The van der Waals surface area contributed by atoms with Crippen LogP contribution in [0.4, 0.5) is 5.69 Å². The molecule has 0 radical (unpaired) electrons. The van der Waals surface area contributed by atoms with E-state index in [0.29, 0.717) is 22.7 Å². The van der Waals surface area contributed by atoms with Crippen LogP contribution in [0.25, 0.3) is 16.8 Å². The molecule has 4 aromatic rings. The fraction of sp³-hybridized carbons (Fsp3) is 0.150. The molecule has 0 aliphatic heterocycles. The van der Waals surface area contributed by atoms with E-state index in [1.54, 1.807) is 37.3 Å². The quantitative estimate of drug-likeness (QED) is 0.504. The lowest BCUT2D eigenvalue weighted by atomic mass is 10.2. The Morgan fingerprint density at radius 1 is 1.11 bits per heavy atom. The Morgan fingerprint density at radius 3 is 2.52 bits per heavy atom. The van der Waals surface area contributed by atoms with Crippen LogP contribution in [0.15, 0.2) is 51.4 Å². The van der Waals surface area contributed by atoms with Crippen molar-refractivity contribution in [1.82, 2.24) is 14.8 Å². The predicted molar refractivity (Wildman–Crippen MR) is 107 cm³/mol. The molecule has 0 unspecified atom stereocenters. The molecule has 0 aliphatic rings. The zero-order valence-corrected chi connectivity index (χ0v) is 16.7. The number of halogens is 1. The Morgan fingerprint density at radius 2 is 1.85 bits per heavy atom. The molecule has 2 heterocycles. The van der Waals surface area contributed by atoms with E-state index in [0.717, 1.165) is 27.1 Å². The standard InChI is InChI=1S/C20H17BrN4O2/c1-11-19(21)12(2)25(24-11)16-7-4-14(5-8-16)20(26)23-15-6-9-18-17(10-15)22-13(3)27-18/h4-10H,1-3H3,(H,23,26). The molecule has 0 atom stereocenters. The molecule has 27 heavy (non-hydrogen) atoms. The third-order valence-electron chi connectivity index (χ3n) is 4.33. The van der Waals surface area contributed by atoms with Gasteiger partial charge >= 0.3 is 0 Å². The second-order valence-corrected chi connectivity index (χ2v) is 7.11. The van der Waals surface area contributed by atoms with Gasteiger partial charge in [-0.25, -0.2) is 9.67 Å². The Labute approximate surface area is 164 Å². The number of benzene rings is 2. The number of hydrogen-bond acceptors (Lipinski definition) is 4. The summed E-state index contributed by atoms with van der Waals surface area (Å²) in [5, 5.41) is 7.40. The maximum absolute atomic E-state index is 12.5. The summed E-state index contributed by atoms with van der Waals surface area (Å²) in [7, 11) is 0. The van der Waals surface area contributed by atoms with Crippen molar-refractivity contribution in [3.63, 3.8) is 0 Å². The van der Waals surface area contributed by atoms with E-state index in [9.17, 15) is 4.79 Å². The van der Waals surface area contributed by atoms with Crippen LogP contribution in [0, 0.1) is 20.8 Å². The van der Waals surface area contributed by atoms with E-state index < -0.39 is 0 Å². The normalized spacial score (nSPS) is 11.1. The number of nitrogens with one attached hydrogen (secondary N) is 1. The van der Waals surface area contributed by atoms with Gasteiger partial charge in [0.15, 0.2) is 11.5 Å². The average molecular weight is 425 g/mol. The third kappa shape index (κ3) is 3.26. The minimum Gasteiger partial charge on any atom is -0.441 e. The van der Waals surface area contributed by atoms with Gasteiger partial charge in [0.25, 0.3) is 5.91 Å². The van der Waals surface area contributed by atoms with Gasteiger partial charge in [0.1, 0.15) is 5.52 Å². The Balaban J connectivity index is 1.55. The van der Waals surface area contributed by atoms with E-state index in [4.69, 9.17) is 4.42 Å². The van der Waals surface area contributed by atoms with Crippen molar-refractivity contribution in [3.8, 4) is 5.69 Å². The Bertz CT molecular complexity index is 1160. The monoisotopic (exact) mass is 424 g/mol. The highest BCUT2D eigenvalue weighted by Gasteiger charge is 2.12. The van der Waals surface area contributed by atoms with Crippen LogP contribution in [-0.2, 0) is 0 Å². The Hall–Kier alpha value is -2.93. The van der Waals surface area contributed by atoms with Crippen molar-refractivity contribution in [2.75, 3.05) is 5.32 Å². The molecule has 1 N–H and O–H groups in total. The molecule has 0 saturated heterocycles. The SMILES string of the molecule is Cc1nc2cc(NC(=O)c3ccc(-n4nc(C)c(Br)c4C)cc3)ccc2o1. The van der Waals surface area contributed by atoms with Gasteiger partial charge in [0.2, 0.25) is 0 Å². The molecule has 0 saturated carbocycles. The highest BCUT2D eigenvalue weighted by molar-refractivity contribution is 9.10. The molecule has 7 heteroatoms. The van der Waals surface area contributed by atoms with Gasteiger partial charge < -0.3 is 9.73 Å². The number of hydrogen-bond donors (Lipinski definition) is 1. The molecule has 2 aromatic carbocycles. The maximum Gasteiger partial charge on any atom is 0.255 e. The van der Waals surface area contributed by atoms with Crippen molar-refractivity contribution in [1.29, 1.82) is 0 Å². The maximum atomic E-state index is 12.5. The molecule has 2 aromatic heterocycles. The molecule has 6 nitrogen and oxygen atoms in total. The molecule has 0 fully saturated rings. The second kappa shape index (κ2) is 6.66. The van der Waals surface area contributed by atoms with Crippen molar-refractivity contribution in [3.05, 3.63) is 69.8 Å². The van der Waals surface area contributed by atoms with Gasteiger partial charge in [0.05, 0.1) is 21.5 Å². The van der Waals surface area contributed by atoms with Crippen LogP contribution in [0.3, 0.4) is 0 Å². The van der Waals surface area contributed by atoms with E-state index >= 15 is 0 Å². The summed E-state index contributed by atoms with van der Waals surface area (Å²) in [6.07, 6.45) is 0. The molecule has 0 spiro atoms. The lowest BCUT2D eigenvalue weighted by Crippen LogP contribution is -2.12. The Kier molecular flexibility index (Phi) is 4.31. The highest BCUT2D eigenvalue weighted by Crippen LogP contribution is 2.24. The van der Waals surface area contributed by atoms with Gasteiger partial charge in [0, 0.05) is 18.2 Å². The number of amides is 1. The molecular formula is C20H17BrN4O2.